The topological polar surface area (TPSA) is 37.8 Å². The predicted molar refractivity (Wildman–Crippen MR) is 86.4 cm³/mol. The fraction of sp³-hybridized carbons (Fsp3) is 0.125. The molecule has 0 radical (unpaired) electrons. The highest BCUT2D eigenvalue weighted by Gasteiger charge is 2.07. The number of para-hydroxylation sites is 1. The van der Waals surface area contributed by atoms with Crippen LogP contribution in [-0.4, -0.2) is 9.97 Å². The van der Waals surface area contributed by atoms with Crippen molar-refractivity contribution >= 4 is 38.3 Å². The molecule has 0 saturated carbocycles. The summed E-state index contributed by atoms with van der Waals surface area (Å²) < 4.78 is 1.02. The smallest absolute Gasteiger partial charge is 0.141 e. The van der Waals surface area contributed by atoms with Gasteiger partial charge in [-0.2, -0.15) is 0 Å². The van der Waals surface area contributed by atoms with E-state index < -0.39 is 0 Å². The molecule has 3 nitrogen and oxygen atoms in total. The summed E-state index contributed by atoms with van der Waals surface area (Å²) in [6.07, 6.45) is 1.59. The molecule has 1 N–H and O–H groups in total. The number of aromatic nitrogens is 2. The lowest BCUT2D eigenvalue weighted by Crippen LogP contribution is -1.99. The second-order valence-corrected chi connectivity index (χ2v) is 5.69. The maximum atomic E-state index is 4.38. The Bertz CT molecular complexity index is 764. The third-order valence-electron chi connectivity index (χ3n) is 3.32. The van der Waals surface area contributed by atoms with Gasteiger partial charge in [0.1, 0.15) is 12.1 Å². The molecule has 0 unspecified atom stereocenters. The Balaban J connectivity index is 2.13. The van der Waals surface area contributed by atoms with Crippen molar-refractivity contribution in [2.75, 3.05) is 5.32 Å². The molecule has 0 aliphatic carbocycles. The van der Waals surface area contributed by atoms with Gasteiger partial charge < -0.3 is 5.32 Å². The van der Waals surface area contributed by atoms with Crippen molar-refractivity contribution in [1.82, 2.24) is 9.97 Å². The average Bonchev–Trinajstić information content (AvgIpc) is 2.43. The Hall–Kier alpha value is -1.94. The normalized spacial score (nSPS) is 10.8. The molecule has 1 aromatic heterocycles. The zero-order valence-electron chi connectivity index (χ0n) is 11.3. The SMILES string of the molecule is Cc1cccc(C)c1Nc1ncnc2ccc(Br)cc12. The molecule has 4 heteroatoms. The summed E-state index contributed by atoms with van der Waals surface area (Å²) in [4.78, 5) is 8.68. The Morgan fingerprint density at radius 2 is 1.75 bits per heavy atom. The first-order valence-electron chi connectivity index (χ1n) is 6.38. The summed E-state index contributed by atoms with van der Waals surface area (Å²) in [7, 11) is 0. The maximum Gasteiger partial charge on any atom is 0.141 e. The first kappa shape index (κ1) is 13.1. The van der Waals surface area contributed by atoms with Crippen LogP contribution in [0.4, 0.5) is 11.5 Å². The molecule has 0 aliphatic rings. The van der Waals surface area contributed by atoms with Gasteiger partial charge in [0.2, 0.25) is 0 Å². The molecule has 1 heterocycles. The molecule has 20 heavy (non-hydrogen) atoms. The largest absolute Gasteiger partial charge is 0.339 e. The molecular formula is C16H14BrN3. The second-order valence-electron chi connectivity index (χ2n) is 4.78. The molecule has 0 amide bonds. The molecular weight excluding hydrogens is 314 g/mol. The van der Waals surface area contributed by atoms with Crippen molar-refractivity contribution < 1.29 is 0 Å². The van der Waals surface area contributed by atoms with E-state index >= 15 is 0 Å². The molecule has 3 rings (SSSR count). The highest BCUT2D eigenvalue weighted by atomic mass is 79.9. The van der Waals surface area contributed by atoms with Crippen LogP contribution in [0.5, 0.6) is 0 Å². The van der Waals surface area contributed by atoms with Crippen LogP contribution in [-0.2, 0) is 0 Å². The van der Waals surface area contributed by atoms with Crippen molar-refractivity contribution in [1.29, 1.82) is 0 Å². The van der Waals surface area contributed by atoms with Gasteiger partial charge in [-0.15, -0.1) is 0 Å². The molecule has 0 saturated heterocycles. The van der Waals surface area contributed by atoms with Crippen LogP contribution in [0.15, 0.2) is 47.2 Å². The second kappa shape index (κ2) is 5.21. The zero-order chi connectivity index (χ0) is 14.1. The number of rotatable bonds is 2. The van der Waals surface area contributed by atoms with Crippen LogP contribution in [0.2, 0.25) is 0 Å². The van der Waals surface area contributed by atoms with Crippen LogP contribution in [0.25, 0.3) is 10.9 Å². The highest BCUT2D eigenvalue weighted by molar-refractivity contribution is 9.10. The minimum atomic E-state index is 0.828. The minimum Gasteiger partial charge on any atom is -0.339 e. The van der Waals surface area contributed by atoms with Gasteiger partial charge in [-0.25, -0.2) is 9.97 Å². The van der Waals surface area contributed by atoms with Crippen LogP contribution in [0.1, 0.15) is 11.1 Å². The number of aryl methyl sites for hydroxylation is 2. The summed E-state index contributed by atoms with van der Waals surface area (Å²) in [5.41, 5.74) is 4.43. The number of fused-ring (bicyclic) bond motifs is 1. The van der Waals surface area contributed by atoms with Crippen LogP contribution in [0, 0.1) is 13.8 Å². The number of nitrogens with one attached hydrogen (secondary N) is 1. The third kappa shape index (κ3) is 2.39. The van der Waals surface area contributed by atoms with E-state index in [2.05, 4.69) is 63.3 Å². The zero-order valence-corrected chi connectivity index (χ0v) is 12.9. The van der Waals surface area contributed by atoms with E-state index in [-0.39, 0.29) is 0 Å². The minimum absolute atomic E-state index is 0.828. The summed E-state index contributed by atoms with van der Waals surface area (Å²) in [5, 5.41) is 4.44. The molecule has 3 aromatic rings. The predicted octanol–water partition coefficient (Wildman–Crippen LogP) is 4.75. The fourth-order valence-electron chi connectivity index (χ4n) is 2.26. The summed E-state index contributed by atoms with van der Waals surface area (Å²) in [5.74, 6) is 0.828. The Labute approximate surface area is 126 Å². The van der Waals surface area contributed by atoms with E-state index in [0.717, 1.165) is 26.9 Å². The molecule has 0 aliphatic heterocycles. The van der Waals surface area contributed by atoms with E-state index in [0.29, 0.717) is 0 Å². The van der Waals surface area contributed by atoms with Crippen molar-refractivity contribution in [3.8, 4) is 0 Å². The van der Waals surface area contributed by atoms with Crippen molar-refractivity contribution in [3.63, 3.8) is 0 Å². The molecule has 0 bridgehead atoms. The van der Waals surface area contributed by atoms with Crippen LogP contribution in [0.3, 0.4) is 0 Å². The number of halogens is 1. The Morgan fingerprint density at radius 3 is 2.50 bits per heavy atom. The lowest BCUT2D eigenvalue weighted by atomic mass is 10.1. The van der Waals surface area contributed by atoms with Gasteiger partial charge in [0.15, 0.2) is 0 Å². The monoisotopic (exact) mass is 327 g/mol. The Morgan fingerprint density at radius 1 is 1.00 bits per heavy atom. The fourth-order valence-corrected chi connectivity index (χ4v) is 2.62. The molecule has 0 atom stereocenters. The van der Waals surface area contributed by atoms with Gasteiger partial charge in [0.25, 0.3) is 0 Å². The van der Waals surface area contributed by atoms with E-state index in [4.69, 9.17) is 0 Å². The van der Waals surface area contributed by atoms with Gasteiger partial charge >= 0.3 is 0 Å². The number of anilines is 2. The molecule has 100 valence electrons. The van der Waals surface area contributed by atoms with Gasteiger partial charge in [-0.3, -0.25) is 0 Å². The van der Waals surface area contributed by atoms with Crippen LogP contribution < -0.4 is 5.32 Å². The lowest BCUT2D eigenvalue weighted by molar-refractivity contribution is 1.21. The quantitative estimate of drug-likeness (QED) is 0.737. The summed E-state index contributed by atoms with van der Waals surface area (Å²) in [6.45, 7) is 4.18. The molecule has 0 fully saturated rings. The Kier molecular flexibility index (Phi) is 3.40. The third-order valence-corrected chi connectivity index (χ3v) is 3.82. The van der Waals surface area contributed by atoms with E-state index in [1.165, 1.54) is 11.1 Å². The first-order valence-corrected chi connectivity index (χ1v) is 7.18. The average molecular weight is 328 g/mol. The summed E-state index contributed by atoms with van der Waals surface area (Å²) in [6, 6.07) is 12.2. The first-order chi connectivity index (χ1) is 9.65. The molecule has 0 spiro atoms. The highest BCUT2D eigenvalue weighted by Crippen LogP contribution is 2.28. The van der Waals surface area contributed by atoms with E-state index in [9.17, 15) is 0 Å². The maximum absolute atomic E-state index is 4.38. The van der Waals surface area contributed by atoms with Gasteiger partial charge in [-0.1, -0.05) is 34.1 Å². The standard InChI is InChI=1S/C16H14BrN3/c1-10-4-3-5-11(2)15(10)20-16-13-8-12(17)6-7-14(13)18-9-19-16/h3-9H,1-2H3,(H,18,19,20). The van der Waals surface area contributed by atoms with Gasteiger partial charge in [0.05, 0.1) is 5.52 Å². The van der Waals surface area contributed by atoms with Crippen molar-refractivity contribution in [2.24, 2.45) is 0 Å². The van der Waals surface area contributed by atoms with Gasteiger partial charge in [-0.05, 0) is 43.2 Å². The van der Waals surface area contributed by atoms with Gasteiger partial charge in [0, 0.05) is 15.5 Å². The summed E-state index contributed by atoms with van der Waals surface area (Å²) >= 11 is 3.50. The number of hydrogen-bond acceptors (Lipinski definition) is 3. The number of hydrogen-bond donors (Lipinski definition) is 1. The van der Waals surface area contributed by atoms with Crippen molar-refractivity contribution in [2.45, 2.75) is 13.8 Å². The lowest BCUT2D eigenvalue weighted by Gasteiger charge is -2.13. The van der Waals surface area contributed by atoms with Crippen molar-refractivity contribution in [3.05, 3.63) is 58.3 Å². The van der Waals surface area contributed by atoms with Crippen LogP contribution >= 0.6 is 15.9 Å². The number of nitrogens with zero attached hydrogens (tertiary/aromatic N) is 2. The number of benzene rings is 2. The van der Waals surface area contributed by atoms with E-state index in [1.54, 1.807) is 6.33 Å². The van der Waals surface area contributed by atoms with E-state index in [1.807, 2.05) is 18.2 Å². The molecule has 2 aromatic carbocycles.